The van der Waals surface area contributed by atoms with Crippen molar-refractivity contribution in [3.05, 3.63) is 24.3 Å². The van der Waals surface area contributed by atoms with E-state index in [0.29, 0.717) is 38.5 Å². The van der Waals surface area contributed by atoms with E-state index in [1.165, 1.54) is 4.31 Å². The average Bonchev–Trinajstić information content (AvgIpc) is 3.46. The summed E-state index contributed by atoms with van der Waals surface area (Å²) in [6.45, 7) is 4.20. The summed E-state index contributed by atoms with van der Waals surface area (Å²) >= 11 is 0. The van der Waals surface area contributed by atoms with E-state index >= 15 is 0 Å². The van der Waals surface area contributed by atoms with Crippen LogP contribution in [0.25, 0.3) is 0 Å². The lowest BCUT2D eigenvalue weighted by molar-refractivity contribution is -0.895. The molecule has 1 heterocycles. The first-order chi connectivity index (χ1) is 13.4. The number of amides is 3. The van der Waals surface area contributed by atoms with Gasteiger partial charge < -0.3 is 15.0 Å². The van der Waals surface area contributed by atoms with Crippen LogP contribution in [0.5, 0.6) is 5.75 Å². The van der Waals surface area contributed by atoms with Crippen molar-refractivity contribution < 1.29 is 27.6 Å². The first-order valence-corrected chi connectivity index (χ1v) is 11.0. The number of urea groups is 1. The van der Waals surface area contributed by atoms with Crippen LogP contribution in [0.15, 0.2) is 29.2 Å². The predicted octanol–water partition coefficient (Wildman–Crippen LogP) is -1.04. The molecule has 0 aromatic heterocycles. The van der Waals surface area contributed by atoms with E-state index in [1.807, 2.05) is 6.92 Å². The highest BCUT2D eigenvalue weighted by atomic mass is 32.2. The van der Waals surface area contributed by atoms with Gasteiger partial charge in [-0.15, -0.1) is 0 Å². The maximum atomic E-state index is 12.8. The molecule has 28 heavy (non-hydrogen) atoms. The number of rotatable bonds is 7. The Hall–Kier alpha value is -2.17. The maximum Gasteiger partial charge on any atom is 0.321 e. The zero-order valence-corrected chi connectivity index (χ0v) is 16.8. The molecule has 154 valence electrons. The number of benzene rings is 1. The molecule has 3 N–H and O–H groups in total. The van der Waals surface area contributed by atoms with Crippen molar-refractivity contribution >= 4 is 22.0 Å². The number of quaternary nitrogens is 1. The molecule has 1 aromatic carbocycles. The van der Waals surface area contributed by atoms with E-state index in [0.717, 1.165) is 17.7 Å². The summed E-state index contributed by atoms with van der Waals surface area (Å²) in [7, 11) is -3.57. The standard InChI is InChI=1S/C18H26N4O5S/c1-2-27-15-5-7-16(8-6-15)28(25,26)22-11-9-21(10-12-22)13-17(23)20-18(24)19-14-3-4-14/h5-8,14H,2-4,9-13H2,1H3,(H2,19,20,23,24)/p+1. The fraction of sp³-hybridized carbons (Fsp3) is 0.556. The largest absolute Gasteiger partial charge is 0.494 e. The summed E-state index contributed by atoms with van der Waals surface area (Å²) in [5.41, 5.74) is 0. The highest BCUT2D eigenvalue weighted by molar-refractivity contribution is 7.89. The van der Waals surface area contributed by atoms with E-state index in [4.69, 9.17) is 4.74 Å². The number of piperazine rings is 1. The molecule has 2 aliphatic rings. The lowest BCUT2D eigenvalue weighted by Crippen LogP contribution is -3.15. The van der Waals surface area contributed by atoms with E-state index in [2.05, 4.69) is 10.6 Å². The highest BCUT2D eigenvalue weighted by Crippen LogP contribution is 2.20. The summed E-state index contributed by atoms with van der Waals surface area (Å²) in [5.74, 6) is 0.281. The zero-order chi connectivity index (χ0) is 20.1. The Morgan fingerprint density at radius 3 is 2.39 bits per heavy atom. The monoisotopic (exact) mass is 411 g/mol. The Kier molecular flexibility index (Phi) is 6.53. The normalized spacial score (nSPS) is 18.5. The van der Waals surface area contributed by atoms with Crippen molar-refractivity contribution in [2.75, 3.05) is 39.3 Å². The maximum absolute atomic E-state index is 12.8. The van der Waals surface area contributed by atoms with Gasteiger partial charge in [0.1, 0.15) is 5.75 Å². The molecule has 1 saturated carbocycles. The topological polar surface area (TPSA) is 109 Å². The summed E-state index contributed by atoms with van der Waals surface area (Å²) in [6, 6.07) is 6.13. The molecule has 0 spiro atoms. The first kappa shape index (κ1) is 20.6. The van der Waals surface area contributed by atoms with E-state index in [1.54, 1.807) is 24.3 Å². The van der Waals surface area contributed by atoms with Gasteiger partial charge in [0.2, 0.25) is 10.0 Å². The minimum absolute atomic E-state index is 0.148. The fourth-order valence-electron chi connectivity index (χ4n) is 3.09. The van der Waals surface area contributed by atoms with Crippen molar-refractivity contribution in [3.8, 4) is 5.75 Å². The third-order valence-electron chi connectivity index (χ3n) is 4.78. The number of sulfonamides is 1. The van der Waals surface area contributed by atoms with Gasteiger partial charge in [-0.1, -0.05) is 0 Å². The SMILES string of the molecule is CCOc1ccc(S(=O)(=O)N2CC[NH+](CC(=O)NC(=O)NC3CC3)CC2)cc1. The Morgan fingerprint density at radius 2 is 1.82 bits per heavy atom. The predicted molar refractivity (Wildman–Crippen MR) is 102 cm³/mol. The highest BCUT2D eigenvalue weighted by Gasteiger charge is 2.31. The van der Waals surface area contributed by atoms with Crippen LogP contribution in [0.2, 0.25) is 0 Å². The first-order valence-electron chi connectivity index (χ1n) is 9.55. The molecular formula is C18H27N4O5S+. The van der Waals surface area contributed by atoms with Crippen molar-refractivity contribution in [1.82, 2.24) is 14.9 Å². The van der Waals surface area contributed by atoms with Crippen LogP contribution in [0.4, 0.5) is 4.79 Å². The zero-order valence-electron chi connectivity index (χ0n) is 15.9. The molecule has 0 atom stereocenters. The number of nitrogens with one attached hydrogen (secondary N) is 3. The van der Waals surface area contributed by atoms with Crippen molar-refractivity contribution in [2.24, 2.45) is 0 Å². The second kappa shape index (κ2) is 8.89. The minimum atomic E-state index is -3.57. The van der Waals surface area contributed by atoms with Crippen LogP contribution >= 0.6 is 0 Å². The van der Waals surface area contributed by atoms with Crippen LogP contribution in [0, 0.1) is 0 Å². The molecular weight excluding hydrogens is 384 g/mol. The van der Waals surface area contributed by atoms with Gasteiger partial charge in [-0.25, -0.2) is 13.2 Å². The van der Waals surface area contributed by atoms with Crippen molar-refractivity contribution in [2.45, 2.75) is 30.7 Å². The number of carbonyl (C=O) groups is 2. The van der Waals surface area contributed by atoms with Crippen molar-refractivity contribution in [1.29, 1.82) is 0 Å². The molecule has 3 rings (SSSR count). The smallest absolute Gasteiger partial charge is 0.321 e. The molecule has 3 amide bonds. The fourth-order valence-corrected chi connectivity index (χ4v) is 4.53. The number of ether oxygens (including phenoxy) is 1. The van der Waals surface area contributed by atoms with Crippen LogP contribution in [-0.2, 0) is 14.8 Å². The van der Waals surface area contributed by atoms with Crippen LogP contribution in [0.1, 0.15) is 19.8 Å². The van der Waals surface area contributed by atoms with E-state index in [-0.39, 0.29) is 23.4 Å². The summed E-state index contributed by atoms with van der Waals surface area (Å²) in [4.78, 5) is 24.8. The molecule has 2 fully saturated rings. The number of nitrogens with zero attached hydrogens (tertiary/aromatic N) is 1. The van der Waals surface area contributed by atoms with Gasteiger partial charge in [-0.2, -0.15) is 4.31 Å². The molecule has 0 radical (unpaired) electrons. The van der Waals surface area contributed by atoms with Gasteiger partial charge in [0, 0.05) is 6.04 Å². The van der Waals surface area contributed by atoms with Crippen LogP contribution < -0.4 is 20.3 Å². The number of carbonyl (C=O) groups excluding carboxylic acids is 2. The van der Waals surface area contributed by atoms with Gasteiger partial charge in [0.05, 0.1) is 37.7 Å². The summed E-state index contributed by atoms with van der Waals surface area (Å²) < 4.78 is 32.3. The molecule has 1 aromatic rings. The Balaban J connectivity index is 1.48. The third kappa shape index (κ3) is 5.43. The lowest BCUT2D eigenvalue weighted by atomic mass is 10.3. The summed E-state index contributed by atoms with van der Waals surface area (Å²) in [5, 5.41) is 5.03. The molecule has 1 saturated heterocycles. The Labute approximate surface area is 165 Å². The molecule has 0 bridgehead atoms. The van der Waals surface area contributed by atoms with Gasteiger partial charge in [0.15, 0.2) is 6.54 Å². The van der Waals surface area contributed by atoms with Gasteiger partial charge in [0.25, 0.3) is 5.91 Å². The van der Waals surface area contributed by atoms with Crippen LogP contribution in [-0.4, -0.2) is 70.0 Å². The Morgan fingerprint density at radius 1 is 1.18 bits per heavy atom. The molecule has 1 aliphatic carbocycles. The number of hydrogen-bond donors (Lipinski definition) is 3. The molecule has 9 nitrogen and oxygen atoms in total. The third-order valence-corrected chi connectivity index (χ3v) is 6.69. The molecule has 0 unspecified atom stereocenters. The van der Waals surface area contributed by atoms with Gasteiger partial charge >= 0.3 is 6.03 Å². The summed E-state index contributed by atoms with van der Waals surface area (Å²) in [6.07, 6.45) is 1.91. The van der Waals surface area contributed by atoms with Crippen LogP contribution in [0.3, 0.4) is 0 Å². The lowest BCUT2D eigenvalue weighted by Gasteiger charge is -2.31. The number of hydrogen-bond acceptors (Lipinski definition) is 5. The molecule has 1 aliphatic heterocycles. The molecule has 10 heteroatoms. The van der Waals surface area contributed by atoms with E-state index in [9.17, 15) is 18.0 Å². The average molecular weight is 412 g/mol. The second-order valence-corrected chi connectivity index (χ2v) is 8.97. The van der Waals surface area contributed by atoms with E-state index < -0.39 is 16.1 Å². The Bertz CT molecular complexity index is 800. The minimum Gasteiger partial charge on any atom is -0.494 e. The van der Waals surface area contributed by atoms with Crippen molar-refractivity contribution in [3.63, 3.8) is 0 Å². The van der Waals surface area contributed by atoms with Gasteiger partial charge in [-0.05, 0) is 44.0 Å². The second-order valence-electron chi connectivity index (χ2n) is 7.03. The number of imide groups is 1. The van der Waals surface area contributed by atoms with Gasteiger partial charge in [-0.3, -0.25) is 10.1 Å². The quantitative estimate of drug-likeness (QED) is 0.531.